The lowest BCUT2D eigenvalue weighted by molar-refractivity contribution is 0.207. The van der Waals surface area contributed by atoms with E-state index >= 15 is 0 Å². The topological polar surface area (TPSA) is 42.9 Å². The van der Waals surface area contributed by atoms with Gasteiger partial charge in [-0.2, -0.15) is 0 Å². The van der Waals surface area contributed by atoms with Gasteiger partial charge in [0.2, 0.25) is 0 Å². The highest BCUT2D eigenvalue weighted by Gasteiger charge is 2.18. The third-order valence-corrected chi connectivity index (χ3v) is 3.25. The maximum Gasteiger partial charge on any atom is 0.172 e. The molecule has 1 unspecified atom stereocenters. The summed E-state index contributed by atoms with van der Waals surface area (Å²) in [4.78, 5) is 4.54. The highest BCUT2D eigenvalue weighted by Crippen LogP contribution is 2.32. The fourth-order valence-corrected chi connectivity index (χ4v) is 1.98. The number of hydrogen-bond acceptors (Lipinski definition) is 4. The molecule has 1 atom stereocenters. The van der Waals surface area contributed by atoms with Gasteiger partial charge in [-0.15, -0.1) is 0 Å². The van der Waals surface area contributed by atoms with E-state index in [9.17, 15) is 0 Å². The van der Waals surface area contributed by atoms with Crippen LogP contribution in [0.2, 0.25) is 0 Å². The summed E-state index contributed by atoms with van der Waals surface area (Å²) >= 11 is 0. The maximum atomic E-state index is 6.02. The molecule has 0 radical (unpaired) electrons. The van der Waals surface area contributed by atoms with Crippen molar-refractivity contribution in [1.29, 1.82) is 0 Å². The molecule has 0 spiro atoms. The predicted octanol–water partition coefficient (Wildman–Crippen LogP) is 2.61. The van der Waals surface area contributed by atoms with Crippen LogP contribution in [0.4, 0.5) is 0 Å². The first kappa shape index (κ1) is 13.7. The first-order valence-corrected chi connectivity index (χ1v) is 6.88. The Labute approximate surface area is 114 Å². The van der Waals surface area contributed by atoms with Crippen LogP contribution in [0.3, 0.4) is 0 Å². The smallest absolute Gasteiger partial charge is 0.172 e. The average Bonchev–Trinajstić information content (AvgIpc) is 2.48. The van der Waals surface area contributed by atoms with Crippen molar-refractivity contribution in [3.63, 3.8) is 0 Å². The summed E-state index contributed by atoms with van der Waals surface area (Å²) in [7, 11) is 1.67. The molecule has 1 N–H and O–H groups in total. The van der Waals surface area contributed by atoms with E-state index < -0.39 is 0 Å². The van der Waals surface area contributed by atoms with Gasteiger partial charge in [0.25, 0.3) is 0 Å². The first-order chi connectivity index (χ1) is 9.26. The average molecular weight is 262 g/mol. The Bertz CT molecular complexity index is 457. The third kappa shape index (κ3) is 3.19. The van der Waals surface area contributed by atoms with E-state index in [1.165, 1.54) is 0 Å². The fourth-order valence-electron chi connectivity index (χ4n) is 1.98. The number of benzene rings is 1. The molecular weight excluding hydrogens is 240 g/mol. The standard InChI is InChI=1S/C15H22N2O2/c1-4-11(2)19-14-12(7-5-8-13(14)18-3)15-16-9-6-10-17-15/h5,7-8,11H,4,6,9-10H2,1-3H3,(H,16,17). The van der Waals surface area contributed by atoms with Crippen LogP contribution in [0.5, 0.6) is 11.5 Å². The highest BCUT2D eigenvalue weighted by atomic mass is 16.5. The number of para-hydroxylation sites is 1. The summed E-state index contributed by atoms with van der Waals surface area (Å²) in [5, 5.41) is 3.33. The van der Waals surface area contributed by atoms with Gasteiger partial charge >= 0.3 is 0 Å². The molecule has 0 aromatic heterocycles. The Morgan fingerprint density at radius 1 is 1.42 bits per heavy atom. The molecule has 4 heteroatoms. The van der Waals surface area contributed by atoms with E-state index in [1.807, 2.05) is 18.2 Å². The van der Waals surface area contributed by atoms with E-state index in [-0.39, 0.29) is 6.10 Å². The van der Waals surface area contributed by atoms with Gasteiger partial charge in [-0.1, -0.05) is 13.0 Å². The number of aliphatic imine (C=N–C) groups is 1. The fraction of sp³-hybridized carbons (Fsp3) is 0.533. The van der Waals surface area contributed by atoms with Crippen LogP contribution in [-0.4, -0.2) is 32.1 Å². The van der Waals surface area contributed by atoms with Gasteiger partial charge in [0, 0.05) is 13.1 Å². The molecule has 0 aliphatic carbocycles. The second-order valence-corrected chi connectivity index (χ2v) is 4.68. The Morgan fingerprint density at radius 2 is 2.26 bits per heavy atom. The molecule has 104 valence electrons. The van der Waals surface area contributed by atoms with E-state index in [1.54, 1.807) is 7.11 Å². The van der Waals surface area contributed by atoms with Gasteiger partial charge in [0.15, 0.2) is 11.5 Å². The zero-order valence-corrected chi connectivity index (χ0v) is 11.9. The number of nitrogens with one attached hydrogen (secondary N) is 1. The molecule has 1 aromatic carbocycles. The lowest BCUT2D eigenvalue weighted by Gasteiger charge is -2.21. The number of ether oxygens (including phenoxy) is 2. The Hall–Kier alpha value is -1.71. The molecule has 1 heterocycles. The van der Waals surface area contributed by atoms with Gasteiger partial charge < -0.3 is 14.8 Å². The molecule has 1 aliphatic heterocycles. The van der Waals surface area contributed by atoms with Crippen molar-refractivity contribution >= 4 is 5.84 Å². The highest BCUT2D eigenvalue weighted by molar-refractivity contribution is 6.02. The minimum Gasteiger partial charge on any atom is -0.493 e. The second kappa shape index (κ2) is 6.45. The number of rotatable bonds is 5. The normalized spacial score (nSPS) is 16.3. The Balaban J connectivity index is 2.38. The van der Waals surface area contributed by atoms with Gasteiger partial charge in [0.1, 0.15) is 5.84 Å². The summed E-state index contributed by atoms with van der Waals surface area (Å²) in [5.74, 6) is 2.45. The monoisotopic (exact) mass is 262 g/mol. The van der Waals surface area contributed by atoms with E-state index in [0.717, 1.165) is 48.8 Å². The van der Waals surface area contributed by atoms with Crippen LogP contribution in [-0.2, 0) is 0 Å². The van der Waals surface area contributed by atoms with Crippen LogP contribution in [0, 0.1) is 0 Å². The van der Waals surface area contributed by atoms with Gasteiger partial charge in [-0.3, -0.25) is 4.99 Å². The molecular formula is C15H22N2O2. The summed E-state index contributed by atoms with van der Waals surface area (Å²) in [6.45, 7) is 5.99. The van der Waals surface area contributed by atoms with Crippen LogP contribution >= 0.6 is 0 Å². The van der Waals surface area contributed by atoms with Crippen LogP contribution in [0.1, 0.15) is 32.3 Å². The number of hydrogen-bond donors (Lipinski definition) is 1. The van der Waals surface area contributed by atoms with Crippen molar-refractivity contribution in [2.45, 2.75) is 32.8 Å². The molecule has 2 rings (SSSR count). The summed E-state index contributed by atoms with van der Waals surface area (Å²) in [6, 6.07) is 5.92. The maximum absolute atomic E-state index is 6.02. The molecule has 0 fully saturated rings. The molecule has 0 saturated heterocycles. The first-order valence-electron chi connectivity index (χ1n) is 6.88. The Morgan fingerprint density at radius 3 is 2.89 bits per heavy atom. The van der Waals surface area contributed by atoms with E-state index in [0.29, 0.717) is 0 Å². The van der Waals surface area contributed by atoms with E-state index in [4.69, 9.17) is 9.47 Å². The third-order valence-electron chi connectivity index (χ3n) is 3.25. The lowest BCUT2D eigenvalue weighted by atomic mass is 10.1. The zero-order chi connectivity index (χ0) is 13.7. The number of methoxy groups -OCH3 is 1. The van der Waals surface area contributed by atoms with Crippen molar-refractivity contribution in [2.24, 2.45) is 4.99 Å². The lowest BCUT2D eigenvalue weighted by Crippen LogP contribution is -2.31. The molecule has 1 aliphatic rings. The van der Waals surface area contributed by atoms with Gasteiger partial charge in [-0.25, -0.2) is 0 Å². The number of amidine groups is 1. The van der Waals surface area contributed by atoms with Crippen LogP contribution < -0.4 is 14.8 Å². The SMILES string of the molecule is CCC(C)Oc1c(OC)cccc1C1=NCCCN1. The van der Waals surface area contributed by atoms with Crippen LogP contribution in [0.25, 0.3) is 0 Å². The van der Waals surface area contributed by atoms with Crippen molar-refractivity contribution in [2.75, 3.05) is 20.2 Å². The van der Waals surface area contributed by atoms with Crippen molar-refractivity contribution in [1.82, 2.24) is 5.32 Å². The Kier molecular flexibility index (Phi) is 4.66. The van der Waals surface area contributed by atoms with Crippen molar-refractivity contribution < 1.29 is 9.47 Å². The number of nitrogens with zero attached hydrogens (tertiary/aromatic N) is 1. The van der Waals surface area contributed by atoms with E-state index in [2.05, 4.69) is 24.2 Å². The van der Waals surface area contributed by atoms with Gasteiger partial charge in [0.05, 0.1) is 18.8 Å². The quantitative estimate of drug-likeness (QED) is 0.887. The van der Waals surface area contributed by atoms with Gasteiger partial charge in [-0.05, 0) is 31.9 Å². The summed E-state index contributed by atoms with van der Waals surface area (Å²) in [6.07, 6.45) is 2.19. The van der Waals surface area contributed by atoms with Crippen molar-refractivity contribution in [3.05, 3.63) is 23.8 Å². The van der Waals surface area contributed by atoms with Crippen molar-refractivity contribution in [3.8, 4) is 11.5 Å². The van der Waals surface area contributed by atoms with Crippen LogP contribution in [0.15, 0.2) is 23.2 Å². The zero-order valence-electron chi connectivity index (χ0n) is 11.9. The molecule has 1 aromatic rings. The minimum atomic E-state index is 0.152. The molecule has 0 bridgehead atoms. The minimum absolute atomic E-state index is 0.152. The molecule has 4 nitrogen and oxygen atoms in total. The molecule has 0 saturated carbocycles. The molecule has 0 amide bonds. The predicted molar refractivity (Wildman–Crippen MR) is 77.4 cm³/mol. The summed E-state index contributed by atoms with van der Waals surface area (Å²) < 4.78 is 11.4. The largest absolute Gasteiger partial charge is 0.493 e. The summed E-state index contributed by atoms with van der Waals surface area (Å²) in [5.41, 5.74) is 0.986. The second-order valence-electron chi connectivity index (χ2n) is 4.68. The molecule has 19 heavy (non-hydrogen) atoms.